The molecule has 0 fully saturated rings. The van der Waals surface area contributed by atoms with Gasteiger partial charge >= 0.3 is 35.0 Å². The van der Waals surface area contributed by atoms with Gasteiger partial charge in [-0.25, -0.2) is 9.59 Å². The first-order chi connectivity index (χ1) is 19.5. The second kappa shape index (κ2) is 16.9. The molecule has 0 amide bonds. The first-order valence-electron chi connectivity index (χ1n) is 12.5. The Hall–Kier alpha value is -4.17. The van der Waals surface area contributed by atoms with Crippen LogP contribution in [0.4, 0.5) is 0 Å². The van der Waals surface area contributed by atoms with E-state index >= 15 is 0 Å². The molecule has 0 aliphatic heterocycles. The number of fused-ring (bicyclic) bond motifs is 2. The number of carbonyl (C=O) groups is 2. The SMILES string of the molecule is COc1ccc2ccccc2c1C(=O)O.O=C(O)c1c(-c2ccccc2)ccc2ccccc12.[Br-].[Mg+2].[c-]1ccccc1. The van der Waals surface area contributed by atoms with E-state index in [4.69, 9.17) is 9.84 Å². The maximum Gasteiger partial charge on any atom is 2.00 e. The standard InChI is InChI=1S/C17H12O2.C12H10O3.C6H5.BrH.Mg/c18-17(19)16-14-9-5-4-8-13(14)10-11-15(16)12-6-2-1-3-7-12;1-15-10-7-6-8-4-2-3-5-9(8)11(10)12(13)14;1-2-4-6-5-3-1;;/h1-11H,(H,18,19);2-7H,1H3,(H,13,14);1-5H;1H;/q;;-1;;+2/p-1. The summed E-state index contributed by atoms with van der Waals surface area (Å²) in [6.07, 6.45) is 0. The zero-order valence-electron chi connectivity index (χ0n) is 22.9. The molecule has 0 aromatic heterocycles. The third-order valence-electron chi connectivity index (χ3n) is 6.16. The van der Waals surface area contributed by atoms with Crippen LogP contribution in [0.5, 0.6) is 5.75 Å². The number of hydrogen-bond donors (Lipinski definition) is 2. The minimum atomic E-state index is -0.969. The average Bonchev–Trinajstić information content (AvgIpc) is 3.01. The topological polar surface area (TPSA) is 83.8 Å². The summed E-state index contributed by atoms with van der Waals surface area (Å²) in [6.45, 7) is 0. The number of aromatic carboxylic acids is 2. The van der Waals surface area contributed by atoms with E-state index in [2.05, 4.69) is 6.07 Å². The van der Waals surface area contributed by atoms with Gasteiger partial charge in [-0.3, -0.25) is 0 Å². The van der Waals surface area contributed by atoms with Crippen molar-refractivity contribution in [1.29, 1.82) is 0 Å². The van der Waals surface area contributed by atoms with Crippen LogP contribution in [-0.4, -0.2) is 52.3 Å². The number of methoxy groups -OCH3 is 1. The Balaban J connectivity index is 0.000000240. The quantitative estimate of drug-likeness (QED) is 0.215. The molecule has 0 heterocycles. The third-order valence-corrected chi connectivity index (χ3v) is 6.16. The molecule has 0 saturated carbocycles. The Bertz CT molecular complexity index is 1710. The minimum absolute atomic E-state index is 0. The molecular formula is C35H27BrMgO5. The zero-order valence-corrected chi connectivity index (χ0v) is 25.9. The van der Waals surface area contributed by atoms with Gasteiger partial charge in [0.15, 0.2) is 0 Å². The van der Waals surface area contributed by atoms with Crippen LogP contribution in [0.15, 0.2) is 133 Å². The second-order valence-electron chi connectivity index (χ2n) is 8.63. The Labute approximate surface area is 271 Å². The summed E-state index contributed by atoms with van der Waals surface area (Å²) < 4.78 is 5.03. The Morgan fingerprint density at radius 1 is 0.595 bits per heavy atom. The van der Waals surface area contributed by atoms with Crippen molar-refractivity contribution in [1.82, 2.24) is 0 Å². The van der Waals surface area contributed by atoms with Crippen molar-refractivity contribution in [2.75, 3.05) is 7.11 Å². The molecule has 6 aromatic carbocycles. The number of halogens is 1. The number of ether oxygens (including phenoxy) is 1. The molecule has 0 atom stereocenters. The number of rotatable bonds is 4. The van der Waals surface area contributed by atoms with Gasteiger partial charge in [0.1, 0.15) is 11.3 Å². The van der Waals surface area contributed by atoms with Gasteiger partial charge in [-0.1, -0.05) is 97.1 Å². The summed E-state index contributed by atoms with van der Waals surface area (Å²) in [6, 6.07) is 44.4. The number of carboxylic acids is 2. The molecule has 42 heavy (non-hydrogen) atoms. The fourth-order valence-corrected chi connectivity index (χ4v) is 4.34. The molecular weight excluding hydrogens is 605 g/mol. The summed E-state index contributed by atoms with van der Waals surface area (Å²) in [5.41, 5.74) is 2.26. The number of benzene rings is 6. The van der Waals surface area contributed by atoms with Crippen molar-refractivity contribution in [2.24, 2.45) is 0 Å². The molecule has 2 N–H and O–H groups in total. The van der Waals surface area contributed by atoms with Gasteiger partial charge in [-0.2, -0.15) is 36.4 Å². The first-order valence-corrected chi connectivity index (χ1v) is 12.5. The van der Waals surface area contributed by atoms with Gasteiger partial charge in [0.2, 0.25) is 0 Å². The molecule has 0 bridgehead atoms. The summed E-state index contributed by atoms with van der Waals surface area (Å²) in [4.78, 5) is 22.7. The normalized spacial score (nSPS) is 9.55. The smallest absolute Gasteiger partial charge is 1.00 e. The fraction of sp³-hybridized carbons (Fsp3) is 0.0286. The molecule has 6 aromatic rings. The zero-order chi connectivity index (χ0) is 28.3. The van der Waals surface area contributed by atoms with Gasteiger partial charge in [0, 0.05) is 0 Å². The largest absolute Gasteiger partial charge is 2.00 e. The molecule has 0 aliphatic carbocycles. The Morgan fingerprint density at radius 2 is 1.07 bits per heavy atom. The maximum atomic E-state index is 11.6. The van der Waals surface area contributed by atoms with Crippen molar-refractivity contribution < 1.29 is 41.5 Å². The van der Waals surface area contributed by atoms with Gasteiger partial charge in [0.25, 0.3) is 0 Å². The summed E-state index contributed by atoms with van der Waals surface area (Å²) in [7, 11) is 1.47. The monoisotopic (exact) mass is 630 g/mol. The van der Waals surface area contributed by atoms with E-state index in [0.717, 1.165) is 27.3 Å². The van der Waals surface area contributed by atoms with E-state index in [0.29, 0.717) is 16.7 Å². The van der Waals surface area contributed by atoms with Crippen molar-refractivity contribution in [3.05, 3.63) is 151 Å². The van der Waals surface area contributed by atoms with E-state index in [9.17, 15) is 14.7 Å². The van der Waals surface area contributed by atoms with E-state index in [1.165, 1.54) is 7.11 Å². The number of hydrogen-bond acceptors (Lipinski definition) is 3. The molecule has 0 unspecified atom stereocenters. The Kier molecular flexibility index (Phi) is 13.7. The van der Waals surface area contributed by atoms with Crippen molar-refractivity contribution in [3.8, 4) is 16.9 Å². The van der Waals surface area contributed by atoms with E-state index in [-0.39, 0.29) is 45.6 Å². The van der Waals surface area contributed by atoms with Crippen molar-refractivity contribution in [2.45, 2.75) is 0 Å². The van der Waals surface area contributed by atoms with Crippen LogP contribution in [0.2, 0.25) is 0 Å². The molecule has 6 rings (SSSR count). The third kappa shape index (κ3) is 8.42. The molecule has 7 heteroatoms. The second-order valence-corrected chi connectivity index (χ2v) is 8.63. The maximum absolute atomic E-state index is 11.6. The molecule has 0 saturated heterocycles. The van der Waals surface area contributed by atoms with Gasteiger partial charge < -0.3 is 31.9 Å². The van der Waals surface area contributed by atoms with Gasteiger partial charge in [0.05, 0.1) is 12.7 Å². The van der Waals surface area contributed by atoms with Gasteiger partial charge in [-0.15, -0.1) is 0 Å². The van der Waals surface area contributed by atoms with E-state index < -0.39 is 11.9 Å². The minimum Gasteiger partial charge on any atom is -1.00 e. The summed E-state index contributed by atoms with van der Waals surface area (Å²) in [5.74, 6) is -1.47. The van der Waals surface area contributed by atoms with Crippen LogP contribution in [0.1, 0.15) is 20.7 Å². The fourth-order valence-electron chi connectivity index (χ4n) is 4.34. The van der Waals surface area contributed by atoms with Crippen LogP contribution in [0.25, 0.3) is 32.7 Å². The Morgan fingerprint density at radius 3 is 1.55 bits per heavy atom. The molecule has 0 spiro atoms. The predicted octanol–water partition coefficient (Wildman–Crippen LogP) is 4.86. The summed E-state index contributed by atoms with van der Waals surface area (Å²) in [5, 5.41) is 22.0. The molecule has 206 valence electrons. The van der Waals surface area contributed by atoms with Crippen LogP contribution in [0, 0.1) is 6.07 Å². The van der Waals surface area contributed by atoms with Crippen molar-refractivity contribution in [3.63, 3.8) is 0 Å². The average molecular weight is 632 g/mol. The summed E-state index contributed by atoms with van der Waals surface area (Å²) >= 11 is 0. The van der Waals surface area contributed by atoms with E-state index in [1.54, 1.807) is 12.1 Å². The first kappa shape index (κ1) is 34.0. The molecule has 5 nitrogen and oxygen atoms in total. The predicted molar refractivity (Wildman–Crippen MR) is 165 cm³/mol. The van der Waals surface area contributed by atoms with Crippen LogP contribution >= 0.6 is 0 Å². The molecule has 0 aliphatic rings. The number of carboxylic acid groups (broad SMARTS) is 2. The van der Waals surface area contributed by atoms with E-state index in [1.807, 2.05) is 121 Å². The van der Waals surface area contributed by atoms with Gasteiger partial charge in [-0.05, 0) is 38.7 Å². The van der Waals surface area contributed by atoms with Crippen LogP contribution < -0.4 is 21.7 Å². The van der Waals surface area contributed by atoms with Crippen molar-refractivity contribution >= 4 is 56.5 Å². The van der Waals surface area contributed by atoms with Crippen LogP contribution in [-0.2, 0) is 0 Å². The molecule has 0 radical (unpaired) electrons. The van der Waals surface area contributed by atoms with Crippen LogP contribution in [0.3, 0.4) is 0 Å².